The van der Waals surface area contributed by atoms with E-state index in [9.17, 15) is 18.0 Å². The van der Waals surface area contributed by atoms with Crippen molar-refractivity contribution in [1.29, 1.82) is 0 Å². The third kappa shape index (κ3) is 4.36. The van der Waals surface area contributed by atoms with Crippen molar-refractivity contribution in [3.05, 3.63) is 24.3 Å². The number of para-hydroxylation sites is 1. The molecule has 1 aromatic rings. The van der Waals surface area contributed by atoms with E-state index in [4.69, 9.17) is 5.11 Å². The van der Waals surface area contributed by atoms with Crippen LogP contribution >= 0.6 is 0 Å². The molecule has 1 amide bonds. The van der Waals surface area contributed by atoms with Crippen molar-refractivity contribution < 1.29 is 23.1 Å². The van der Waals surface area contributed by atoms with Crippen molar-refractivity contribution in [3.8, 4) is 0 Å². The molecule has 0 heterocycles. The van der Waals surface area contributed by atoms with Gasteiger partial charge < -0.3 is 10.4 Å². The molecule has 2 N–H and O–H groups in total. The lowest BCUT2D eigenvalue weighted by atomic mass is 10.2. The molecule has 6 nitrogen and oxygen atoms in total. The number of aliphatic carboxylic acids is 1. The Balaban J connectivity index is 2.91. The number of carboxylic acid groups (broad SMARTS) is 1. The molecule has 7 heteroatoms. The summed E-state index contributed by atoms with van der Waals surface area (Å²) >= 11 is 0. The number of rotatable bonds is 6. The highest BCUT2D eigenvalue weighted by Gasteiger charge is 2.17. The van der Waals surface area contributed by atoms with E-state index in [2.05, 4.69) is 5.32 Å². The summed E-state index contributed by atoms with van der Waals surface area (Å²) in [5, 5.41) is 10.9. The maximum Gasteiger partial charge on any atom is 0.303 e. The Labute approximate surface area is 111 Å². The van der Waals surface area contributed by atoms with E-state index in [0.29, 0.717) is 0 Å². The normalized spacial score (nSPS) is 11.0. The molecule has 0 aliphatic rings. The quantitative estimate of drug-likeness (QED) is 0.820. The fraction of sp³-hybridized carbons (Fsp3) is 0.333. The third-order valence-corrected chi connectivity index (χ3v) is 4.23. The van der Waals surface area contributed by atoms with Crippen molar-refractivity contribution in [1.82, 2.24) is 0 Å². The van der Waals surface area contributed by atoms with Crippen molar-refractivity contribution in [2.24, 2.45) is 0 Å². The Morgan fingerprint density at radius 3 is 2.42 bits per heavy atom. The molecule has 0 bridgehead atoms. The molecule has 0 aliphatic carbocycles. The lowest BCUT2D eigenvalue weighted by Gasteiger charge is -2.10. The molecular formula is C12H15NO5S. The maximum atomic E-state index is 11.8. The van der Waals surface area contributed by atoms with Gasteiger partial charge in [-0.15, -0.1) is 0 Å². The first kappa shape index (κ1) is 15.2. The van der Waals surface area contributed by atoms with Crippen molar-refractivity contribution in [2.45, 2.75) is 24.7 Å². The van der Waals surface area contributed by atoms with E-state index in [1.54, 1.807) is 12.1 Å². The van der Waals surface area contributed by atoms with Gasteiger partial charge >= 0.3 is 5.97 Å². The highest BCUT2D eigenvalue weighted by Crippen LogP contribution is 2.22. The first-order chi connectivity index (χ1) is 8.86. The van der Waals surface area contributed by atoms with E-state index >= 15 is 0 Å². The highest BCUT2D eigenvalue weighted by molar-refractivity contribution is 7.91. The summed E-state index contributed by atoms with van der Waals surface area (Å²) in [5.74, 6) is -1.68. The van der Waals surface area contributed by atoms with E-state index in [1.165, 1.54) is 19.1 Å². The summed E-state index contributed by atoms with van der Waals surface area (Å²) in [4.78, 5) is 21.9. The van der Waals surface area contributed by atoms with Crippen molar-refractivity contribution >= 4 is 27.4 Å². The minimum absolute atomic E-state index is 0.0428. The van der Waals surface area contributed by atoms with Crippen LogP contribution in [0.5, 0.6) is 0 Å². The predicted molar refractivity (Wildman–Crippen MR) is 69.7 cm³/mol. The van der Waals surface area contributed by atoms with Gasteiger partial charge in [-0.1, -0.05) is 19.1 Å². The van der Waals surface area contributed by atoms with Crippen LogP contribution in [0.1, 0.15) is 19.8 Å². The van der Waals surface area contributed by atoms with Gasteiger partial charge in [-0.2, -0.15) is 0 Å². The van der Waals surface area contributed by atoms with Crippen LogP contribution in [0.25, 0.3) is 0 Å². The van der Waals surface area contributed by atoms with Crippen LogP contribution in [0, 0.1) is 0 Å². The molecule has 0 fully saturated rings. The minimum atomic E-state index is -3.44. The molecule has 1 rings (SSSR count). The summed E-state index contributed by atoms with van der Waals surface area (Å²) in [6, 6.07) is 6.05. The number of hydrogen-bond donors (Lipinski definition) is 2. The molecule has 0 saturated carbocycles. The van der Waals surface area contributed by atoms with Gasteiger partial charge in [-0.05, 0) is 12.1 Å². The smallest absolute Gasteiger partial charge is 0.303 e. The number of anilines is 1. The van der Waals surface area contributed by atoms with Crippen LogP contribution in [-0.4, -0.2) is 31.2 Å². The largest absolute Gasteiger partial charge is 0.481 e. The number of nitrogens with one attached hydrogen (secondary N) is 1. The van der Waals surface area contributed by atoms with E-state index in [-0.39, 0.29) is 29.2 Å². The Bertz CT molecular complexity index is 580. The maximum absolute atomic E-state index is 11.8. The van der Waals surface area contributed by atoms with E-state index < -0.39 is 21.7 Å². The Morgan fingerprint density at radius 2 is 1.84 bits per heavy atom. The molecule has 19 heavy (non-hydrogen) atoms. The SMILES string of the molecule is CCS(=O)(=O)c1ccccc1NC(=O)CCC(=O)O. The zero-order chi connectivity index (χ0) is 14.5. The average molecular weight is 285 g/mol. The van der Waals surface area contributed by atoms with Gasteiger partial charge in [0.2, 0.25) is 5.91 Å². The Kier molecular flexibility index (Phi) is 5.05. The number of carbonyl (C=O) groups excluding carboxylic acids is 1. The number of carboxylic acids is 1. The first-order valence-electron chi connectivity index (χ1n) is 5.70. The second-order valence-electron chi connectivity index (χ2n) is 3.84. The fourth-order valence-electron chi connectivity index (χ4n) is 1.43. The van der Waals surface area contributed by atoms with Crippen LogP contribution < -0.4 is 5.32 Å². The third-order valence-electron chi connectivity index (χ3n) is 2.44. The number of carbonyl (C=O) groups is 2. The molecule has 0 unspecified atom stereocenters. The molecule has 1 aromatic carbocycles. The number of amides is 1. The molecule has 0 aromatic heterocycles. The fourth-order valence-corrected chi connectivity index (χ4v) is 2.48. The topological polar surface area (TPSA) is 101 Å². The molecular weight excluding hydrogens is 270 g/mol. The molecule has 0 aliphatic heterocycles. The van der Waals surface area contributed by atoms with E-state index in [1.807, 2.05) is 0 Å². The second kappa shape index (κ2) is 6.33. The van der Waals surface area contributed by atoms with Crippen LogP contribution in [0.2, 0.25) is 0 Å². The number of benzene rings is 1. The van der Waals surface area contributed by atoms with Crippen molar-refractivity contribution in [3.63, 3.8) is 0 Å². The lowest BCUT2D eigenvalue weighted by molar-refractivity contribution is -0.138. The van der Waals surface area contributed by atoms with Gasteiger partial charge in [0, 0.05) is 6.42 Å². The van der Waals surface area contributed by atoms with Crippen molar-refractivity contribution in [2.75, 3.05) is 11.1 Å². The summed E-state index contributed by atoms with van der Waals surface area (Å²) in [5.41, 5.74) is 0.180. The zero-order valence-corrected chi connectivity index (χ0v) is 11.2. The van der Waals surface area contributed by atoms with Gasteiger partial charge in [-0.25, -0.2) is 8.42 Å². The average Bonchev–Trinajstić information content (AvgIpc) is 2.37. The van der Waals surface area contributed by atoms with Crippen LogP contribution in [0.3, 0.4) is 0 Å². The first-order valence-corrected chi connectivity index (χ1v) is 7.35. The molecule has 104 valence electrons. The predicted octanol–water partition coefficient (Wildman–Crippen LogP) is 1.28. The Morgan fingerprint density at radius 1 is 1.21 bits per heavy atom. The monoisotopic (exact) mass is 285 g/mol. The highest BCUT2D eigenvalue weighted by atomic mass is 32.2. The van der Waals surface area contributed by atoms with Gasteiger partial charge in [0.1, 0.15) is 0 Å². The Hall–Kier alpha value is -1.89. The number of hydrogen-bond acceptors (Lipinski definition) is 4. The van der Waals surface area contributed by atoms with Gasteiger partial charge in [0.15, 0.2) is 9.84 Å². The lowest BCUT2D eigenvalue weighted by Crippen LogP contribution is -2.16. The van der Waals surface area contributed by atoms with Gasteiger partial charge in [0.25, 0.3) is 0 Å². The summed E-state index contributed by atoms with van der Waals surface area (Å²) in [6.45, 7) is 1.51. The number of sulfone groups is 1. The van der Waals surface area contributed by atoms with Crippen LogP contribution in [-0.2, 0) is 19.4 Å². The standard InChI is InChI=1S/C12H15NO5S/c1-2-19(17,18)10-6-4-3-5-9(10)13-11(14)7-8-12(15)16/h3-6H,2,7-8H2,1H3,(H,13,14)(H,15,16). The molecule has 0 spiro atoms. The summed E-state index contributed by atoms with van der Waals surface area (Å²) in [7, 11) is -3.44. The van der Waals surface area contributed by atoms with Crippen LogP contribution in [0.15, 0.2) is 29.2 Å². The zero-order valence-electron chi connectivity index (χ0n) is 10.4. The second-order valence-corrected chi connectivity index (χ2v) is 6.09. The summed E-state index contributed by atoms with van der Waals surface area (Å²) in [6.07, 6.45) is -0.496. The molecule has 0 saturated heterocycles. The molecule has 0 atom stereocenters. The minimum Gasteiger partial charge on any atom is -0.481 e. The van der Waals surface area contributed by atoms with Crippen LogP contribution in [0.4, 0.5) is 5.69 Å². The summed E-state index contributed by atoms with van der Waals surface area (Å²) < 4.78 is 23.6. The molecule has 0 radical (unpaired) electrons. The van der Waals surface area contributed by atoms with Gasteiger partial charge in [0.05, 0.1) is 22.8 Å². The van der Waals surface area contributed by atoms with Gasteiger partial charge in [-0.3, -0.25) is 9.59 Å². The van der Waals surface area contributed by atoms with E-state index in [0.717, 1.165) is 0 Å².